The first-order chi connectivity index (χ1) is 11.7. The van der Waals surface area contributed by atoms with E-state index in [0.717, 1.165) is 17.9 Å². The molecule has 1 heterocycles. The Bertz CT molecular complexity index is 725. The third kappa shape index (κ3) is 4.67. The zero-order valence-electron chi connectivity index (χ0n) is 14.5. The highest BCUT2D eigenvalue weighted by molar-refractivity contribution is 5.58. The van der Waals surface area contributed by atoms with Gasteiger partial charge in [-0.3, -0.25) is 0 Å². The average molecular weight is 320 g/mol. The molecule has 0 aliphatic carbocycles. The maximum atomic E-state index is 5.72. The minimum atomic E-state index is 0.602. The molecule has 0 saturated carbocycles. The van der Waals surface area contributed by atoms with E-state index in [0.29, 0.717) is 6.54 Å². The van der Waals surface area contributed by atoms with Gasteiger partial charge in [0.25, 0.3) is 0 Å². The number of pyridine rings is 1. The highest BCUT2D eigenvalue weighted by Crippen LogP contribution is 2.13. The van der Waals surface area contributed by atoms with Crippen molar-refractivity contribution in [3.63, 3.8) is 0 Å². The van der Waals surface area contributed by atoms with E-state index in [1.807, 2.05) is 32.3 Å². The Morgan fingerprint density at radius 2 is 1.67 bits per heavy atom. The molecule has 24 heavy (non-hydrogen) atoms. The fourth-order valence-corrected chi connectivity index (χ4v) is 2.49. The number of allylic oxidation sites excluding steroid dienone is 2. The minimum absolute atomic E-state index is 0.602. The molecule has 0 fully saturated rings. The first kappa shape index (κ1) is 17.7. The van der Waals surface area contributed by atoms with E-state index in [2.05, 4.69) is 70.7 Å². The molecule has 2 N–H and O–H groups in total. The van der Waals surface area contributed by atoms with Crippen LogP contribution in [-0.4, -0.2) is 20.6 Å². The van der Waals surface area contributed by atoms with Crippen LogP contribution < -0.4 is 15.2 Å². The number of nitrogens with two attached hydrogens (primary N) is 1. The molecule has 0 unspecified atom stereocenters. The van der Waals surface area contributed by atoms with E-state index in [4.69, 9.17) is 5.73 Å². The standard InChI is InChI=1S/C21H26N3/c1-4-19-10-7-11-21(24(19)17-16-22)9-6-5-8-18-12-14-20(15-13-18)23(2)3/h4-15H,1,16-17,22H2,2-3H3/q+1. The Labute approximate surface area is 145 Å². The lowest BCUT2D eigenvalue weighted by Gasteiger charge is -2.11. The summed E-state index contributed by atoms with van der Waals surface area (Å²) in [7, 11) is 4.09. The molecular formula is C21H26N3+. The lowest BCUT2D eigenvalue weighted by molar-refractivity contribution is -0.697. The summed E-state index contributed by atoms with van der Waals surface area (Å²) in [4.78, 5) is 2.09. The third-order valence-corrected chi connectivity index (χ3v) is 3.80. The van der Waals surface area contributed by atoms with E-state index in [-0.39, 0.29) is 0 Å². The number of nitrogens with zero attached hydrogens (tertiary/aromatic N) is 2. The summed E-state index contributed by atoms with van der Waals surface area (Å²) in [6.07, 6.45) is 10.1. The molecule has 2 aromatic rings. The van der Waals surface area contributed by atoms with Crippen molar-refractivity contribution in [2.75, 3.05) is 25.5 Å². The summed E-state index contributed by atoms with van der Waals surface area (Å²) in [5, 5.41) is 0. The first-order valence-electron chi connectivity index (χ1n) is 8.13. The largest absolute Gasteiger partial charge is 0.378 e. The summed E-state index contributed by atoms with van der Waals surface area (Å²) >= 11 is 0. The quantitative estimate of drug-likeness (QED) is 0.627. The molecule has 1 aromatic heterocycles. The van der Waals surface area contributed by atoms with Gasteiger partial charge in [0, 0.05) is 44.1 Å². The van der Waals surface area contributed by atoms with Gasteiger partial charge in [-0.05, 0) is 23.8 Å². The molecule has 2 rings (SSSR count). The molecule has 0 spiro atoms. The van der Waals surface area contributed by atoms with Gasteiger partial charge in [0.1, 0.15) is 0 Å². The van der Waals surface area contributed by atoms with Gasteiger partial charge in [0.15, 0.2) is 6.54 Å². The van der Waals surface area contributed by atoms with Crippen LogP contribution in [0.5, 0.6) is 0 Å². The van der Waals surface area contributed by atoms with Crippen molar-refractivity contribution in [2.24, 2.45) is 5.73 Å². The van der Waals surface area contributed by atoms with Crippen LogP contribution in [0.15, 0.2) is 61.2 Å². The van der Waals surface area contributed by atoms with Crippen LogP contribution in [0.4, 0.5) is 5.69 Å². The molecule has 0 saturated heterocycles. The molecule has 124 valence electrons. The first-order valence-corrected chi connectivity index (χ1v) is 8.13. The van der Waals surface area contributed by atoms with Gasteiger partial charge in [-0.15, -0.1) is 0 Å². The molecular weight excluding hydrogens is 294 g/mol. The van der Waals surface area contributed by atoms with Crippen molar-refractivity contribution in [1.82, 2.24) is 0 Å². The van der Waals surface area contributed by atoms with Crippen LogP contribution in [-0.2, 0) is 6.54 Å². The average Bonchev–Trinajstić information content (AvgIpc) is 2.60. The van der Waals surface area contributed by atoms with Crippen LogP contribution in [0, 0.1) is 0 Å². The van der Waals surface area contributed by atoms with E-state index >= 15 is 0 Å². The molecule has 0 atom stereocenters. The second-order valence-corrected chi connectivity index (χ2v) is 5.72. The Morgan fingerprint density at radius 1 is 1.00 bits per heavy atom. The number of aromatic nitrogens is 1. The van der Waals surface area contributed by atoms with Crippen LogP contribution >= 0.6 is 0 Å². The predicted molar refractivity (Wildman–Crippen MR) is 105 cm³/mol. The van der Waals surface area contributed by atoms with Crippen LogP contribution in [0.2, 0.25) is 0 Å². The summed E-state index contributed by atoms with van der Waals surface area (Å²) < 4.78 is 2.17. The number of anilines is 1. The van der Waals surface area contributed by atoms with Gasteiger partial charge in [-0.2, -0.15) is 4.57 Å². The number of hydrogen-bond acceptors (Lipinski definition) is 2. The molecule has 3 nitrogen and oxygen atoms in total. The van der Waals surface area contributed by atoms with Crippen molar-refractivity contribution in [2.45, 2.75) is 6.54 Å². The fourth-order valence-electron chi connectivity index (χ4n) is 2.49. The molecule has 1 aromatic carbocycles. The summed E-state index contributed by atoms with van der Waals surface area (Å²) in [5.74, 6) is 0. The summed E-state index contributed by atoms with van der Waals surface area (Å²) in [6.45, 7) is 5.24. The second-order valence-electron chi connectivity index (χ2n) is 5.72. The molecule has 0 radical (unpaired) electrons. The third-order valence-electron chi connectivity index (χ3n) is 3.80. The fraction of sp³-hybridized carbons (Fsp3) is 0.190. The van der Waals surface area contributed by atoms with Crippen molar-refractivity contribution in [3.8, 4) is 0 Å². The van der Waals surface area contributed by atoms with E-state index in [9.17, 15) is 0 Å². The van der Waals surface area contributed by atoms with Gasteiger partial charge < -0.3 is 10.6 Å². The summed E-state index contributed by atoms with van der Waals surface area (Å²) in [6, 6.07) is 14.6. The van der Waals surface area contributed by atoms with Crippen molar-refractivity contribution >= 4 is 23.9 Å². The number of benzene rings is 1. The zero-order chi connectivity index (χ0) is 17.4. The van der Waals surface area contributed by atoms with Crippen molar-refractivity contribution in [3.05, 3.63) is 78.1 Å². The smallest absolute Gasteiger partial charge is 0.205 e. The van der Waals surface area contributed by atoms with Gasteiger partial charge >= 0.3 is 0 Å². The topological polar surface area (TPSA) is 33.1 Å². The summed E-state index contributed by atoms with van der Waals surface area (Å²) in [5.41, 5.74) is 10.3. The maximum Gasteiger partial charge on any atom is 0.205 e. The predicted octanol–water partition coefficient (Wildman–Crippen LogP) is 3.37. The Morgan fingerprint density at radius 3 is 2.29 bits per heavy atom. The van der Waals surface area contributed by atoms with Crippen molar-refractivity contribution < 1.29 is 4.57 Å². The van der Waals surface area contributed by atoms with Gasteiger partial charge in [-0.1, -0.05) is 36.9 Å². The molecule has 0 aliphatic rings. The normalized spacial score (nSPS) is 11.3. The Kier molecular flexibility index (Phi) is 6.52. The maximum absolute atomic E-state index is 5.72. The molecule has 3 heteroatoms. The molecule has 0 bridgehead atoms. The van der Waals surface area contributed by atoms with Gasteiger partial charge in [-0.25, -0.2) is 0 Å². The van der Waals surface area contributed by atoms with E-state index < -0.39 is 0 Å². The monoisotopic (exact) mass is 320 g/mol. The van der Waals surface area contributed by atoms with Crippen molar-refractivity contribution in [1.29, 1.82) is 0 Å². The Balaban J connectivity index is 2.12. The zero-order valence-corrected chi connectivity index (χ0v) is 14.5. The lowest BCUT2D eigenvalue weighted by atomic mass is 10.2. The molecule has 0 aliphatic heterocycles. The highest BCUT2D eigenvalue weighted by atomic mass is 15.1. The number of rotatable bonds is 7. The van der Waals surface area contributed by atoms with E-state index in [1.165, 1.54) is 11.3 Å². The van der Waals surface area contributed by atoms with Crippen LogP contribution in [0.3, 0.4) is 0 Å². The lowest BCUT2D eigenvalue weighted by Crippen LogP contribution is -2.43. The number of hydrogen-bond donors (Lipinski definition) is 1. The second kappa shape index (κ2) is 8.85. The van der Waals surface area contributed by atoms with Gasteiger partial charge in [0.05, 0.1) is 6.54 Å². The van der Waals surface area contributed by atoms with Crippen LogP contribution in [0.1, 0.15) is 17.0 Å². The van der Waals surface area contributed by atoms with Gasteiger partial charge in [0.2, 0.25) is 11.4 Å². The highest BCUT2D eigenvalue weighted by Gasteiger charge is 2.10. The molecule has 0 amide bonds. The van der Waals surface area contributed by atoms with Crippen LogP contribution in [0.25, 0.3) is 18.2 Å². The Hall–Kier alpha value is -2.65. The van der Waals surface area contributed by atoms with E-state index in [1.54, 1.807) is 0 Å². The SMILES string of the molecule is C=Cc1cccc(/C=C/C=C/c2ccc(N(C)C)cc2)[n+]1CCN. The minimum Gasteiger partial charge on any atom is -0.378 e.